The summed E-state index contributed by atoms with van der Waals surface area (Å²) in [5.74, 6) is -1.89. The van der Waals surface area contributed by atoms with Gasteiger partial charge >= 0.3 is 24.4 Å². The molecule has 40 heavy (non-hydrogen) atoms. The minimum absolute atomic E-state index is 0.0497. The Morgan fingerprint density at radius 1 is 0.775 bits per heavy atom. The quantitative estimate of drug-likeness (QED) is 0.245. The number of thioether (sulfide) groups is 2. The fourth-order valence-electron chi connectivity index (χ4n) is 3.19. The van der Waals surface area contributed by atoms with Crippen molar-refractivity contribution in [1.82, 2.24) is 28.2 Å². The molecule has 1 spiro atoms. The van der Waals surface area contributed by atoms with E-state index in [1.807, 2.05) is 12.1 Å². The lowest BCUT2D eigenvalue weighted by molar-refractivity contribution is -0.220. The molecule has 0 saturated carbocycles. The molecule has 222 valence electrons. The highest BCUT2D eigenvalue weighted by Gasteiger charge is 2.61. The third kappa shape index (κ3) is 8.44. The molecule has 2 N–H and O–H groups in total. The normalized spacial score (nSPS) is 28.9. The van der Waals surface area contributed by atoms with Crippen LogP contribution in [0, 0.1) is 22.7 Å². The van der Waals surface area contributed by atoms with Gasteiger partial charge in [0.1, 0.15) is 4.87 Å². The molecule has 0 radical (unpaired) electrons. The molecule has 16 nitrogen and oxygen atoms in total. The van der Waals surface area contributed by atoms with Crippen LogP contribution in [0.15, 0.2) is 0 Å². The first kappa shape index (κ1) is 33.6. The van der Waals surface area contributed by atoms with E-state index in [-0.39, 0.29) is 24.3 Å². The number of nitrogens with one attached hydrogen (secondary N) is 2. The Balaban J connectivity index is 2.78. The summed E-state index contributed by atoms with van der Waals surface area (Å²) in [6.45, 7) is 3.07. The molecule has 0 aromatic carbocycles. The molecular formula is C20H30N8O8S4. The standard InChI is InChI=1S/C20H30N8O8S4/c1-18(37-11-7-9-21)13-20(33-14(29)25(3)39-27(5)16(31)35-23-18)19(2,38-12-8-10-22)24-36-17(32)28(6)40-26(4)15(30)34-20/h23-24H,7-8,11-13H2,1-6H3. The summed E-state index contributed by atoms with van der Waals surface area (Å²) in [5, 5.41) is 18.3. The van der Waals surface area contributed by atoms with Gasteiger partial charge in [0.05, 0.1) is 42.8 Å². The Bertz CT molecular complexity index is 1060. The lowest BCUT2D eigenvalue weighted by Gasteiger charge is -2.49. The molecule has 0 bridgehead atoms. The lowest BCUT2D eigenvalue weighted by Crippen LogP contribution is -2.67. The Morgan fingerprint density at radius 2 is 1.20 bits per heavy atom. The SMILES string of the molecule is CN1SN(C)C(=O)OC2(CC(C)(SCCC#N)NOC1=O)OC(=O)N(C)SN(C)C(=O)ONC2(C)SCCC#N. The number of carbonyl (C=O) groups excluding carboxylic acids is 4. The van der Waals surface area contributed by atoms with Gasteiger partial charge in [0, 0.05) is 52.5 Å². The van der Waals surface area contributed by atoms with Crippen LogP contribution >= 0.6 is 47.8 Å². The predicted octanol–water partition coefficient (Wildman–Crippen LogP) is 3.24. The second-order valence-electron chi connectivity index (χ2n) is 8.54. The smallest absolute Gasteiger partial charge is 0.402 e. The van der Waals surface area contributed by atoms with Crippen LogP contribution in [0.1, 0.15) is 33.1 Å². The van der Waals surface area contributed by atoms with E-state index in [0.717, 1.165) is 40.7 Å². The van der Waals surface area contributed by atoms with Crippen LogP contribution in [-0.2, 0) is 19.1 Å². The second-order valence-corrected chi connectivity index (χ2v) is 14.2. The van der Waals surface area contributed by atoms with Crippen LogP contribution in [0.2, 0.25) is 0 Å². The number of hydroxylamine groups is 2. The van der Waals surface area contributed by atoms with E-state index in [0.29, 0.717) is 24.3 Å². The van der Waals surface area contributed by atoms with Crippen molar-refractivity contribution in [3.05, 3.63) is 0 Å². The molecule has 2 heterocycles. The molecule has 2 aliphatic rings. The molecule has 3 unspecified atom stereocenters. The Kier molecular flexibility index (Phi) is 12.0. The summed E-state index contributed by atoms with van der Waals surface area (Å²) in [6.07, 6.45) is -3.97. The van der Waals surface area contributed by atoms with Crippen LogP contribution in [0.3, 0.4) is 0 Å². The fourth-order valence-corrected chi connectivity index (χ4v) is 6.45. The van der Waals surface area contributed by atoms with Gasteiger partial charge in [0.25, 0.3) is 5.79 Å². The first-order valence-electron chi connectivity index (χ1n) is 11.5. The number of ether oxygens (including phenoxy) is 2. The number of hydrogen-bond acceptors (Lipinski definition) is 16. The fraction of sp³-hybridized carbons (Fsp3) is 0.700. The van der Waals surface area contributed by atoms with Gasteiger partial charge in [-0.05, 0) is 13.8 Å². The van der Waals surface area contributed by atoms with Crippen molar-refractivity contribution in [3.8, 4) is 12.1 Å². The molecule has 0 aliphatic carbocycles. The van der Waals surface area contributed by atoms with Gasteiger partial charge in [-0.3, -0.25) is 0 Å². The highest BCUT2D eigenvalue weighted by atomic mass is 32.2. The van der Waals surface area contributed by atoms with E-state index in [4.69, 9.17) is 24.4 Å². The Labute approximate surface area is 249 Å². The minimum Gasteiger partial charge on any atom is -0.402 e. The van der Waals surface area contributed by atoms with Crippen molar-refractivity contribution < 1.29 is 38.3 Å². The van der Waals surface area contributed by atoms with E-state index in [2.05, 4.69) is 11.0 Å². The Morgan fingerprint density at radius 3 is 1.68 bits per heavy atom. The van der Waals surface area contributed by atoms with Crippen molar-refractivity contribution >= 4 is 72.2 Å². The molecule has 0 aromatic rings. The number of nitrogens with zero attached hydrogens (tertiary/aromatic N) is 6. The third-order valence-electron chi connectivity index (χ3n) is 5.25. The summed E-state index contributed by atoms with van der Waals surface area (Å²) in [6, 6.07) is 4.04. The number of carbonyl (C=O) groups is 4. The average molecular weight is 639 g/mol. The van der Waals surface area contributed by atoms with Gasteiger partial charge in [-0.1, -0.05) is 0 Å². The summed E-state index contributed by atoms with van der Waals surface area (Å²) < 4.78 is 16.0. The van der Waals surface area contributed by atoms with E-state index in [9.17, 15) is 24.4 Å². The number of amides is 4. The highest BCUT2D eigenvalue weighted by molar-refractivity contribution is 8.01. The minimum atomic E-state index is -2.28. The van der Waals surface area contributed by atoms with Crippen molar-refractivity contribution in [2.24, 2.45) is 0 Å². The first-order chi connectivity index (χ1) is 18.7. The van der Waals surface area contributed by atoms with Gasteiger partial charge in [-0.25, -0.2) is 36.4 Å². The third-order valence-corrected chi connectivity index (χ3v) is 9.48. The number of rotatable bonds is 6. The zero-order valence-corrected chi connectivity index (χ0v) is 25.9. The van der Waals surface area contributed by atoms with Crippen molar-refractivity contribution in [3.63, 3.8) is 0 Å². The van der Waals surface area contributed by atoms with E-state index in [1.165, 1.54) is 35.1 Å². The van der Waals surface area contributed by atoms with Crippen LogP contribution in [0.5, 0.6) is 0 Å². The van der Waals surface area contributed by atoms with Gasteiger partial charge in [-0.2, -0.15) is 10.5 Å². The van der Waals surface area contributed by atoms with Crippen molar-refractivity contribution in [2.45, 2.75) is 48.6 Å². The maximum atomic E-state index is 13.4. The van der Waals surface area contributed by atoms with Gasteiger partial charge in [0.15, 0.2) is 4.87 Å². The van der Waals surface area contributed by atoms with Gasteiger partial charge in [0.2, 0.25) is 0 Å². The lowest BCUT2D eigenvalue weighted by atomic mass is 9.99. The van der Waals surface area contributed by atoms with E-state index in [1.54, 1.807) is 6.92 Å². The van der Waals surface area contributed by atoms with Crippen molar-refractivity contribution in [1.29, 1.82) is 10.5 Å². The molecule has 0 aromatic heterocycles. The van der Waals surface area contributed by atoms with Gasteiger partial charge < -0.3 is 19.1 Å². The second kappa shape index (κ2) is 14.3. The highest BCUT2D eigenvalue weighted by Crippen LogP contribution is 2.47. The van der Waals surface area contributed by atoms with Gasteiger partial charge in [-0.15, -0.1) is 34.5 Å². The zero-order chi connectivity index (χ0) is 30.1. The zero-order valence-electron chi connectivity index (χ0n) is 22.6. The first-order valence-corrected chi connectivity index (χ1v) is 14.9. The monoisotopic (exact) mass is 638 g/mol. The summed E-state index contributed by atoms with van der Waals surface area (Å²) in [5.41, 5.74) is 5.27. The molecule has 2 rings (SSSR count). The maximum absolute atomic E-state index is 13.4. The summed E-state index contributed by atoms with van der Waals surface area (Å²) >= 11 is 3.44. The van der Waals surface area contributed by atoms with E-state index >= 15 is 0 Å². The van der Waals surface area contributed by atoms with Crippen LogP contribution in [-0.4, -0.2) is 96.8 Å². The van der Waals surface area contributed by atoms with Crippen molar-refractivity contribution in [2.75, 3.05) is 39.7 Å². The van der Waals surface area contributed by atoms with Crippen LogP contribution in [0.25, 0.3) is 0 Å². The largest absolute Gasteiger partial charge is 0.439 e. The number of nitriles is 2. The molecule has 2 fully saturated rings. The Hall–Kier alpha value is -2.62. The van der Waals surface area contributed by atoms with Crippen LogP contribution < -0.4 is 11.0 Å². The predicted molar refractivity (Wildman–Crippen MR) is 148 cm³/mol. The topological polar surface area (TPSA) is 190 Å². The molecule has 20 heteroatoms. The molecule has 2 saturated heterocycles. The molecular weight excluding hydrogens is 609 g/mol. The summed E-state index contributed by atoms with van der Waals surface area (Å²) in [4.78, 5) is 59.7. The maximum Gasteiger partial charge on any atom is 0.439 e. The molecule has 3 atom stereocenters. The van der Waals surface area contributed by atoms with Crippen LogP contribution in [0.4, 0.5) is 19.2 Å². The summed E-state index contributed by atoms with van der Waals surface area (Å²) in [7, 11) is 5.39. The van der Waals surface area contributed by atoms with E-state index < -0.39 is 46.3 Å². The molecule has 2 aliphatic heterocycles. The average Bonchev–Trinajstić information content (AvgIpc) is 2.90. The molecule has 4 amide bonds. The number of hydrogen-bond donors (Lipinski definition) is 2.